The van der Waals surface area contributed by atoms with E-state index in [0.29, 0.717) is 23.7 Å². The molecular formula is C17H14BrClN2O2. The first kappa shape index (κ1) is 16.0. The normalized spacial score (nSPS) is 17.4. The molecule has 2 amide bonds. The molecule has 1 atom stereocenters. The van der Waals surface area contributed by atoms with Crippen molar-refractivity contribution in [3.8, 4) is 0 Å². The molecule has 1 aliphatic rings. The van der Waals surface area contributed by atoms with Gasteiger partial charge < -0.3 is 10.2 Å². The van der Waals surface area contributed by atoms with E-state index in [4.69, 9.17) is 11.6 Å². The monoisotopic (exact) mass is 392 g/mol. The summed E-state index contributed by atoms with van der Waals surface area (Å²) in [5, 5.41) is 3.19. The van der Waals surface area contributed by atoms with E-state index < -0.39 is 5.92 Å². The third-order valence-electron chi connectivity index (χ3n) is 3.79. The molecule has 0 spiro atoms. The standard InChI is InChI=1S/C17H14BrClN2O2/c18-11-5-7-12(8-6-11)21-10-9-13(17(21)23)16(22)20-15-4-2-1-3-14(15)19/h1-8,13H,9-10H2,(H,20,22)/t13-/m1/s1. The summed E-state index contributed by atoms with van der Waals surface area (Å²) < 4.78 is 0.945. The molecule has 1 heterocycles. The van der Waals surface area contributed by atoms with Crippen LogP contribution in [0.3, 0.4) is 0 Å². The number of nitrogens with one attached hydrogen (secondary N) is 1. The SMILES string of the molecule is O=C(Nc1ccccc1Cl)[C@H]1CCN(c2ccc(Br)cc2)C1=O. The van der Waals surface area contributed by atoms with Gasteiger partial charge in [-0.05, 0) is 42.8 Å². The van der Waals surface area contributed by atoms with Crippen LogP contribution in [0.2, 0.25) is 5.02 Å². The first-order valence-corrected chi connectivity index (χ1v) is 8.35. The molecule has 0 bridgehead atoms. The van der Waals surface area contributed by atoms with Crippen molar-refractivity contribution in [3.05, 3.63) is 58.0 Å². The largest absolute Gasteiger partial charge is 0.324 e. The lowest BCUT2D eigenvalue weighted by atomic mass is 10.1. The number of benzene rings is 2. The second-order valence-electron chi connectivity index (χ2n) is 5.28. The maximum atomic E-state index is 12.5. The lowest BCUT2D eigenvalue weighted by Gasteiger charge is -2.17. The molecule has 0 aliphatic carbocycles. The van der Waals surface area contributed by atoms with E-state index in [-0.39, 0.29) is 11.8 Å². The predicted octanol–water partition coefficient (Wildman–Crippen LogP) is 4.09. The number of nitrogens with zero attached hydrogens (tertiary/aromatic N) is 1. The minimum absolute atomic E-state index is 0.183. The Kier molecular flexibility index (Phi) is 4.68. The van der Waals surface area contributed by atoms with Gasteiger partial charge in [-0.15, -0.1) is 0 Å². The highest BCUT2D eigenvalue weighted by Gasteiger charge is 2.37. The average Bonchev–Trinajstić information content (AvgIpc) is 2.92. The van der Waals surface area contributed by atoms with Crippen LogP contribution < -0.4 is 10.2 Å². The summed E-state index contributed by atoms with van der Waals surface area (Å²) in [5.74, 6) is -1.19. The zero-order chi connectivity index (χ0) is 16.4. The number of hydrogen-bond donors (Lipinski definition) is 1. The molecule has 0 radical (unpaired) electrons. The summed E-state index contributed by atoms with van der Waals surface area (Å²) in [4.78, 5) is 26.6. The molecule has 2 aromatic rings. The van der Waals surface area contributed by atoms with Crippen molar-refractivity contribution >= 4 is 50.7 Å². The summed E-state index contributed by atoms with van der Waals surface area (Å²) in [6, 6.07) is 14.4. The molecule has 1 aliphatic heterocycles. The summed E-state index contributed by atoms with van der Waals surface area (Å²) in [6.07, 6.45) is 0.491. The Balaban J connectivity index is 1.72. The van der Waals surface area contributed by atoms with Gasteiger partial charge in [-0.1, -0.05) is 39.7 Å². The fourth-order valence-corrected chi connectivity index (χ4v) is 3.03. The maximum Gasteiger partial charge on any atom is 0.239 e. The molecule has 23 heavy (non-hydrogen) atoms. The molecule has 3 rings (SSSR count). The molecule has 6 heteroatoms. The molecule has 0 unspecified atom stereocenters. The number of carbonyl (C=O) groups excluding carboxylic acids is 2. The van der Waals surface area contributed by atoms with Crippen LogP contribution in [0.5, 0.6) is 0 Å². The van der Waals surface area contributed by atoms with E-state index in [0.717, 1.165) is 10.2 Å². The summed E-state index contributed by atoms with van der Waals surface area (Å²) in [5.41, 5.74) is 1.32. The van der Waals surface area contributed by atoms with Crippen molar-refractivity contribution in [2.24, 2.45) is 5.92 Å². The fourth-order valence-electron chi connectivity index (χ4n) is 2.58. The van der Waals surface area contributed by atoms with Crippen molar-refractivity contribution in [1.82, 2.24) is 0 Å². The Morgan fingerprint density at radius 2 is 1.87 bits per heavy atom. The molecule has 1 N–H and O–H groups in total. The van der Waals surface area contributed by atoms with Crippen LogP contribution in [0.25, 0.3) is 0 Å². The van der Waals surface area contributed by atoms with E-state index in [9.17, 15) is 9.59 Å². The number of amides is 2. The van der Waals surface area contributed by atoms with Crippen molar-refractivity contribution in [1.29, 1.82) is 0 Å². The van der Waals surface area contributed by atoms with Gasteiger partial charge in [-0.25, -0.2) is 0 Å². The van der Waals surface area contributed by atoms with Gasteiger partial charge in [0.15, 0.2) is 0 Å². The predicted molar refractivity (Wildman–Crippen MR) is 94.7 cm³/mol. The molecular weight excluding hydrogens is 380 g/mol. The van der Waals surface area contributed by atoms with Crippen molar-refractivity contribution < 1.29 is 9.59 Å². The van der Waals surface area contributed by atoms with Crippen molar-refractivity contribution in [2.75, 3.05) is 16.8 Å². The summed E-state index contributed by atoms with van der Waals surface area (Å²) in [6.45, 7) is 0.529. The minimum atomic E-state index is -0.685. The molecule has 1 fully saturated rings. The lowest BCUT2D eigenvalue weighted by Crippen LogP contribution is -2.33. The second-order valence-corrected chi connectivity index (χ2v) is 6.60. The van der Waals surface area contributed by atoms with E-state index in [1.807, 2.05) is 24.3 Å². The zero-order valence-electron chi connectivity index (χ0n) is 12.1. The lowest BCUT2D eigenvalue weighted by molar-refractivity contribution is -0.129. The number of anilines is 2. The van der Waals surface area contributed by atoms with Gasteiger partial charge >= 0.3 is 0 Å². The van der Waals surface area contributed by atoms with E-state index in [2.05, 4.69) is 21.2 Å². The number of carbonyl (C=O) groups is 2. The quantitative estimate of drug-likeness (QED) is 0.798. The second kappa shape index (κ2) is 6.72. The van der Waals surface area contributed by atoms with Crippen molar-refractivity contribution in [3.63, 3.8) is 0 Å². The topological polar surface area (TPSA) is 49.4 Å². The molecule has 4 nitrogen and oxygen atoms in total. The zero-order valence-corrected chi connectivity index (χ0v) is 14.5. The van der Waals surface area contributed by atoms with E-state index in [1.165, 1.54) is 0 Å². The molecule has 118 valence electrons. The molecule has 2 aromatic carbocycles. The molecule has 1 saturated heterocycles. The first-order chi connectivity index (χ1) is 11.1. The third-order valence-corrected chi connectivity index (χ3v) is 4.65. The number of para-hydroxylation sites is 1. The third kappa shape index (κ3) is 3.41. The number of rotatable bonds is 3. The summed E-state index contributed by atoms with van der Waals surface area (Å²) in [7, 11) is 0. The Morgan fingerprint density at radius 1 is 1.17 bits per heavy atom. The van der Waals surface area contributed by atoms with Crippen LogP contribution >= 0.6 is 27.5 Å². The minimum Gasteiger partial charge on any atom is -0.324 e. The van der Waals surface area contributed by atoms with Gasteiger partial charge in [-0.2, -0.15) is 0 Å². The highest BCUT2D eigenvalue weighted by Crippen LogP contribution is 2.28. The van der Waals surface area contributed by atoms with Gasteiger partial charge in [0.1, 0.15) is 5.92 Å². The summed E-state index contributed by atoms with van der Waals surface area (Å²) >= 11 is 9.40. The van der Waals surface area contributed by atoms with Crippen LogP contribution in [0.15, 0.2) is 53.0 Å². The average molecular weight is 394 g/mol. The maximum absolute atomic E-state index is 12.5. The highest BCUT2D eigenvalue weighted by atomic mass is 79.9. The first-order valence-electron chi connectivity index (χ1n) is 7.18. The van der Waals surface area contributed by atoms with E-state index >= 15 is 0 Å². The molecule has 0 aromatic heterocycles. The number of hydrogen-bond acceptors (Lipinski definition) is 2. The molecule has 0 saturated carbocycles. The van der Waals surface area contributed by atoms with Crippen molar-refractivity contribution in [2.45, 2.75) is 6.42 Å². The van der Waals surface area contributed by atoms with Gasteiger partial charge in [0, 0.05) is 16.7 Å². The Bertz CT molecular complexity index is 749. The smallest absolute Gasteiger partial charge is 0.239 e. The van der Waals surface area contributed by atoms with Crippen LogP contribution in [0.4, 0.5) is 11.4 Å². The van der Waals surface area contributed by atoms with Gasteiger partial charge in [0.25, 0.3) is 0 Å². The van der Waals surface area contributed by atoms with Crippen LogP contribution in [-0.2, 0) is 9.59 Å². The van der Waals surface area contributed by atoms with Crippen LogP contribution in [-0.4, -0.2) is 18.4 Å². The fraction of sp³-hybridized carbons (Fsp3) is 0.176. The Hall–Kier alpha value is -1.85. The van der Waals surface area contributed by atoms with Crippen LogP contribution in [0, 0.1) is 5.92 Å². The Labute approximate surface area is 147 Å². The number of halogens is 2. The highest BCUT2D eigenvalue weighted by molar-refractivity contribution is 9.10. The van der Waals surface area contributed by atoms with Gasteiger partial charge in [-0.3, -0.25) is 9.59 Å². The van der Waals surface area contributed by atoms with Gasteiger partial charge in [0.05, 0.1) is 10.7 Å². The van der Waals surface area contributed by atoms with Crippen LogP contribution in [0.1, 0.15) is 6.42 Å². The van der Waals surface area contributed by atoms with Gasteiger partial charge in [0.2, 0.25) is 11.8 Å². The van der Waals surface area contributed by atoms with E-state index in [1.54, 1.807) is 29.2 Å². The Morgan fingerprint density at radius 3 is 2.57 bits per heavy atom.